The van der Waals surface area contributed by atoms with Gasteiger partial charge in [-0.1, -0.05) is 121 Å². The van der Waals surface area contributed by atoms with Crippen molar-refractivity contribution in [1.29, 1.82) is 0 Å². The lowest BCUT2D eigenvalue weighted by molar-refractivity contribution is -0.265. The summed E-state index contributed by atoms with van der Waals surface area (Å²) < 4.78 is 46.0. The summed E-state index contributed by atoms with van der Waals surface area (Å²) in [6, 6.07) is 2.65. The fraction of sp³-hybridized carbons (Fsp3) is 0.633. The number of ketones is 5. The first-order chi connectivity index (χ1) is 62.4. The maximum absolute atomic E-state index is 14.7. The number of aliphatic carboxylic acids is 2. The number of carbonyl (C=O) groups excluding carboxylic acids is 11. The van der Waals surface area contributed by atoms with Crippen LogP contribution in [-0.4, -0.2) is 273 Å². The molecular formula is C90H130N12O25S4. The maximum Gasteiger partial charge on any atom is 0.508 e. The first kappa shape index (κ1) is 109. The number of esters is 1. The number of alkyl carbamates (subject to hydrolysis) is 1. The quantitative estimate of drug-likeness (QED) is 0.00631. The molecule has 5 heterocycles. The van der Waals surface area contributed by atoms with E-state index in [1.807, 2.05) is 51.2 Å². The van der Waals surface area contributed by atoms with Crippen LogP contribution in [0, 0.1) is 47.3 Å². The van der Waals surface area contributed by atoms with Crippen molar-refractivity contribution in [3.05, 3.63) is 89.3 Å². The number of aliphatic hydroxyl groups is 2. The standard InChI is InChI=1S/C90H130N12O25S4/c1-51-17-13-12-14-18-52(2)72(120-10)44-65-27-20-58(8)90(119,127-65)79(109)83(111)102-31-16-15-19-68(102)86(116)126-73(45-69(104)53(3)40-57(7)77(108)78(121-11)76(107)56(6)39-51)55(5)42-59-21-29-71(54(4)41-59)122-32-33-124-89(118)125-35-38-129-128-36-30-74(106)95-49-67(93-9)70(105)43-61(84(112)113)50-131-130-37-34-123-88(117)97-48-64(103)26-28-66(85(114)115)99-82(110)60-22-24-62(25-23-60)94-46-63-47-96-81-75(98-63)80(91)100-87(92)101-81/h12-14,17-18,22-25,40,47,51,53-56,58-59,61,65-68,71-73,77-78,93-94,108,119H,15-16,19-21,26-39,41-46,48-50H2,1-11H3,(H,95,106)(H,97,117)(H,99,110)(H,112,113)(H,114,115)(H4,91,92,96,100,101)/b14-12+,17-13+,52-18+,57-40+/t51-,53-,54-,55-,56-,58-,59-,61+,65+,66?,67+,68+,71-,72+,73+,77-,78+,90-/m1/s1. The zero-order chi connectivity index (χ0) is 96.0. The van der Waals surface area contributed by atoms with E-state index in [2.05, 4.69) is 53.4 Å². The van der Waals surface area contributed by atoms with E-state index in [9.17, 15) is 82.8 Å². The zero-order valence-electron chi connectivity index (χ0n) is 76.4. The fourth-order valence-electron chi connectivity index (χ4n) is 15.9. The molecule has 1 unspecified atom stereocenters. The van der Waals surface area contributed by atoms with Gasteiger partial charge in [-0.25, -0.2) is 29.1 Å². The average molecular weight is 1910 g/mol. The highest BCUT2D eigenvalue weighted by Crippen LogP contribution is 2.40. The van der Waals surface area contributed by atoms with Crippen LogP contribution in [0.3, 0.4) is 0 Å². The van der Waals surface area contributed by atoms with Gasteiger partial charge >= 0.3 is 30.2 Å². The number of fused-ring (bicyclic) bond motifs is 4. The molecule has 4 aliphatic rings. The van der Waals surface area contributed by atoms with Gasteiger partial charge in [0.15, 0.2) is 34.3 Å². The van der Waals surface area contributed by atoms with Crippen molar-refractivity contribution in [1.82, 2.24) is 46.1 Å². The van der Waals surface area contributed by atoms with Crippen LogP contribution in [-0.2, 0) is 92.4 Å². The Morgan fingerprint density at radius 3 is 2.18 bits per heavy atom. The van der Waals surface area contributed by atoms with E-state index in [1.165, 1.54) is 69.8 Å². The van der Waals surface area contributed by atoms with Crippen molar-refractivity contribution < 1.29 is 121 Å². The number of amides is 4. The molecule has 3 aliphatic heterocycles. The second-order valence-corrected chi connectivity index (χ2v) is 39.1. The highest BCUT2D eigenvalue weighted by molar-refractivity contribution is 8.77. The maximum atomic E-state index is 14.7. The third-order valence-electron chi connectivity index (χ3n) is 23.7. The Kier molecular flexibility index (Phi) is 46.1. The van der Waals surface area contributed by atoms with Crippen LogP contribution >= 0.6 is 43.2 Å². The van der Waals surface area contributed by atoms with E-state index in [0.717, 1.165) is 22.8 Å². The van der Waals surface area contributed by atoms with Gasteiger partial charge in [-0.2, -0.15) is 9.97 Å². The number of nitrogens with two attached hydrogens (primary N) is 2. The van der Waals surface area contributed by atoms with Gasteiger partial charge in [0, 0.05) is 111 Å². The van der Waals surface area contributed by atoms with E-state index in [1.54, 1.807) is 53.0 Å². The molecule has 1 saturated carbocycles. The first-order valence-corrected chi connectivity index (χ1v) is 49.3. The Labute approximate surface area is 779 Å². The summed E-state index contributed by atoms with van der Waals surface area (Å²) in [5.41, 5.74) is 14.5. The van der Waals surface area contributed by atoms with Gasteiger partial charge in [0.05, 0.1) is 61.9 Å². The predicted octanol–water partition coefficient (Wildman–Crippen LogP) is 8.96. The molecule has 41 heteroatoms. The molecule has 18 atom stereocenters. The molecule has 7 rings (SSSR count). The number of aromatic nitrogens is 4. The molecule has 0 radical (unpaired) electrons. The third-order valence-corrected chi connectivity index (χ3v) is 28.5. The fourth-order valence-corrected chi connectivity index (χ4v) is 19.9. The highest BCUT2D eigenvalue weighted by atomic mass is 33.1. The Bertz CT molecular complexity index is 4490. The molecule has 13 N–H and O–H groups in total. The molecule has 37 nitrogen and oxygen atoms in total. The van der Waals surface area contributed by atoms with Gasteiger partial charge in [0.2, 0.25) is 17.6 Å². The molecule has 3 aromatic rings. The van der Waals surface area contributed by atoms with Gasteiger partial charge in [0.25, 0.3) is 17.6 Å². The molecule has 3 fully saturated rings. The van der Waals surface area contributed by atoms with E-state index in [-0.39, 0.29) is 172 Å². The SMILES string of the molecule is CN[C@@H](CNC(=O)CCSSCCOC(=O)OCCO[C@@H]1CC[C@@H](C[C@@H](C)[C@@H]2CC(=O)[C@H](C)/C=C(\C)[C@@H](O)[C@@H](OC)C(=O)[C@H](C)C[C@H](C)/C=C/C=C/C=C(\C)[C@@H](OC)C[C@@H]3CC[C@@H](C)[C@@](O)(O3)C(=O)C(=O)N3CCCC[C@H]3C(=O)O2)C[C@H]1C)C(=O)C[C@@H](CSSCCOC(=O)NCC(=O)CCC(NC(=O)c1ccc(NCc2cnc3nc(N)nc(N)c3n2)cc1)C(=O)O)C(=O)O. The van der Waals surface area contributed by atoms with Gasteiger partial charge in [-0.3, -0.25) is 43.2 Å². The molecule has 4 amide bonds. The number of methoxy groups -OCH3 is 2. The number of aliphatic hydroxyl groups excluding tert-OH is 1. The number of likely N-dealkylation sites (N-methyl/N-ethyl adjacent to an activating group) is 1. The Balaban J connectivity index is 0.763. The summed E-state index contributed by atoms with van der Waals surface area (Å²) in [5.74, 6) is -13.1. The molecule has 1 aliphatic carbocycles. The van der Waals surface area contributed by atoms with Crippen LogP contribution in [0.15, 0.2) is 78.1 Å². The van der Waals surface area contributed by atoms with Gasteiger partial charge < -0.3 is 101 Å². The first-order valence-electron chi connectivity index (χ1n) is 44.3. The van der Waals surface area contributed by atoms with Crippen molar-refractivity contribution >= 4 is 149 Å². The summed E-state index contributed by atoms with van der Waals surface area (Å²) in [5, 5.41) is 56.9. The number of nitrogen functional groups attached to an aromatic ring is 2. The summed E-state index contributed by atoms with van der Waals surface area (Å²) in [4.78, 5) is 191. The number of hydrogen-bond acceptors (Lipinski definition) is 35. The monoisotopic (exact) mass is 1910 g/mol. The number of carboxylic acid groups (broad SMARTS) is 2. The Hall–Kier alpha value is -9.17. The highest BCUT2D eigenvalue weighted by Gasteiger charge is 2.53. The van der Waals surface area contributed by atoms with Crippen molar-refractivity contribution in [2.24, 2.45) is 47.3 Å². The average Bonchev–Trinajstić information content (AvgIpc) is 0.772. The predicted molar refractivity (Wildman–Crippen MR) is 496 cm³/mol. The molecule has 2 bridgehead atoms. The summed E-state index contributed by atoms with van der Waals surface area (Å²) in [6.07, 6.45) is 10.2. The number of hydrogen-bond donors (Lipinski definition) is 11. The van der Waals surface area contributed by atoms with Crippen LogP contribution in [0.5, 0.6) is 0 Å². The number of rotatable bonds is 40. The number of nitrogens with zero attached hydrogens (tertiary/aromatic N) is 5. The number of nitrogens with one attached hydrogen (secondary N) is 5. The van der Waals surface area contributed by atoms with Crippen molar-refractivity contribution in [3.63, 3.8) is 0 Å². The number of carbonyl (C=O) groups is 13. The molecule has 724 valence electrons. The third kappa shape index (κ3) is 35.3. The Morgan fingerprint density at radius 2 is 1.48 bits per heavy atom. The molecular weight excluding hydrogens is 1780 g/mol. The molecule has 2 saturated heterocycles. The molecule has 0 spiro atoms. The van der Waals surface area contributed by atoms with Gasteiger partial charge in [-0.05, 0) is 151 Å². The van der Waals surface area contributed by atoms with E-state index in [0.29, 0.717) is 79.8 Å². The largest absolute Gasteiger partial charge is 0.508 e. The van der Waals surface area contributed by atoms with Crippen molar-refractivity contribution in [2.45, 2.75) is 225 Å². The minimum absolute atomic E-state index is 0.0218. The number of Topliss-reactive ketones (excluding diaryl/α,β-unsaturated/α-hetero) is 5. The lowest BCUT2D eigenvalue weighted by Gasteiger charge is -2.42. The van der Waals surface area contributed by atoms with E-state index >= 15 is 0 Å². The van der Waals surface area contributed by atoms with Gasteiger partial charge in [-0.15, -0.1) is 0 Å². The van der Waals surface area contributed by atoms with Crippen LogP contribution < -0.4 is 38.1 Å². The molecule has 1 aromatic carbocycles. The lowest BCUT2D eigenvalue weighted by Crippen LogP contribution is -2.61. The number of carboxylic acids is 2. The minimum atomic E-state index is -2.49. The van der Waals surface area contributed by atoms with E-state index < -0.39 is 150 Å². The number of benzene rings is 1. The lowest BCUT2D eigenvalue weighted by atomic mass is 9.75. The summed E-state index contributed by atoms with van der Waals surface area (Å²) in [6.45, 7) is 14.2. The summed E-state index contributed by atoms with van der Waals surface area (Å²) >= 11 is 0. The zero-order valence-corrected chi connectivity index (χ0v) is 79.6. The van der Waals surface area contributed by atoms with Crippen LogP contribution in [0.1, 0.15) is 174 Å². The number of allylic oxidation sites excluding steroid dienone is 6. The molecule has 2 aromatic heterocycles. The van der Waals surface area contributed by atoms with Crippen LogP contribution in [0.25, 0.3) is 11.2 Å². The number of anilines is 3. The molecule has 131 heavy (non-hydrogen) atoms. The number of ether oxygens (including phenoxy) is 8. The normalized spacial score (nSPS) is 26.3. The van der Waals surface area contributed by atoms with Crippen molar-refractivity contribution in [2.75, 3.05) is 107 Å². The number of cyclic esters (lactones) is 1. The second-order valence-electron chi connectivity index (χ2n) is 33.8. The van der Waals surface area contributed by atoms with Crippen LogP contribution in [0.2, 0.25) is 0 Å². The van der Waals surface area contributed by atoms with Gasteiger partial charge in [0.1, 0.15) is 56.0 Å². The second kappa shape index (κ2) is 55.5. The summed E-state index contributed by atoms with van der Waals surface area (Å²) in [7, 11) is 9.51. The van der Waals surface area contributed by atoms with Crippen LogP contribution in [0.4, 0.5) is 27.0 Å². The Morgan fingerprint density at radius 1 is 0.763 bits per heavy atom. The van der Waals surface area contributed by atoms with Crippen molar-refractivity contribution in [3.8, 4) is 0 Å². The smallest absolute Gasteiger partial charge is 0.481 e. The number of piperidine rings is 1. The topological polar surface area (TPSA) is 544 Å². The van der Waals surface area contributed by atoms with E-state index in [4.69, 9.17) is 49.4 Å². The minimum Gasteiger partial charge on any atom is -0.481 e.